The number of carbonyl (C=O) groups is 1. The van der Waals surface area contributed by atoms with Gasteiger partial charge in [0, 0.05) is 29.0 Å². The van der Waals surface area contributed by atoms with Gasteiger partial charge in [-0.2, -0.15) is 0 Å². The first kappa shape index (κ1) is 12.8. The molecular weight excluding hydrogens is 274 g/mol. The summed E-state index contributed by atoms with van der Waals surface area (Å²) in [6.45, 7) is 1.91. The zero-order chi connectivity index (χ0) is 12.3. The molecular formula is C11H14BrNO3. The van der Waals surface area contributed by atoms with Gasteiger partial charge in [-0.3, -0.25) is 4.79 Å². The van der Waals surface area contributed by atoms with E-state index in [4.69, 9.17) is 9.47 Å². The van der Waals surface area contributed by atoms with Crippen molar-refractivity contribution < 1.29 is 14.3 Å². The molecule has 0 radical (unpaired) electrons. The summed E-state index contributed by atoms with van der Waals surface area (Å²) in [5, 5.41) is 0. The molecule has 1 aromatic rings. The Morgan fingerprint density at radius 1 is 1.25 bits per heavy atom. The second-order valence-electron chi connectivity index (χ2n) is 3.31. The van der Waals surface area contributed by atoms with Gasteiger partial charge in [-0.15, -0.1) is 0 Å². The molecule has 0 aliphatic heterocycles. The molecule has 0 heterocycles. The Bertz CT molecular complexity index is 406. The fraction of sp³-hybridized carbons (Fsp3) is 0.364. The van der Waals surface area contributed by atoms with E-state index in [1.807, 2.05) is 13.0 Å². The summed E-state index contributed by atoms with van der Waals surface area (Å²) < 4.78 is 10.4. The summed E-state index contributed by atoms with van der Waals surface area (Å²) in [5.41, 5.74) is 1.72. The number of anilines is 1. The van der Waals surface area contributed by atoms with Crippen LogP contribution in [-0.4, -0.2) is 26.1 Å². The minimum atomic E-state index is -0.206. The number of halogens is 1. The molecule has 0 bridgehead atoms. The number of hydrogen-bond donors (Lipinski definition) is 0. The van der Waals surface area contributed by atoms with Crippen molar-refractivity contribution in [1.82, 2.24) is 0 Å². The lowest BCUT2D eigenvalue weighted by Crippen LogP contribution is -2.20. The van der Waals surface area contributed by atoms with Crippen molar-refractivity contribution in [3.63, 3.8) is 0 Å². The van der Waals surface area contributed by atoms with E-state index >= 15 is 0 Å². The summed E-state index contributed by atoms with van der Waals surface area (Å²) >= 11 is 2.91. The average Bonchev–Trinajstić information content (AvgIpc) is 2.27. The highest BCUT2D eigenvalue weighted by Crippen LogP contribution is 2.34. The van der Waals surface area contributed by atoms with Gasteiger partial charge in [0.1, 0.15) is 0 Å². The quantitative estimate of drug-likeness (QED) is 0.634. The van der Waals surface area contributed by atoms with Gasteiger partial charge < -0.3 is 14.4 Å². The molecule has 0 aromatic heterocycles. The van der Waals surface area contributed by atoms with E-state index in [1.54, 1.807) is 27.3 Å². The van der Waals surface area contributed by atoms with Crippen LogP contribution in [0.5, 0.6) is 11.5 Å². The maximum atomic E-state index is 11.2. The van der Waals surface area contributed by atoms with Gasteiger partial charge in [-0.1, -0.05) is 0 Å². The van der Waals surface area contributed by atoms with Crippen LogP contribution in [0.25, 0.3) is 0 Å². The van der Waals surface area contributed by atoms with Crippen LogP contribution in [0.2, 0.25) is 0 Å². The van der Waals surface area contributed by atoms with Gasteiger partial charge in [0.2, 0.25) is 0 Å². The molecule has 0 atom stereocenters. The largest absolute Gasteiger partial charge is 0.493 e. The van der Waals surface area contributed by atoms with Crippen LogP contribution in [0.1, 0.15) is 5.56 Å². The number of amides is 1. The Balaban J connectivity index is 3.26. The van der Waals surface area contributed by atoms with Crippen LogP contribution in [0.3, 0.4) is 0 Å². The molecule has 1 amide bonds. The maximum Gasteiger partial charge on any atom is 0.293 e. The molecule has 5 heteroatoms. The van der Waals surface area contributed by atoms with E-state index in [0.29, 0.717) is 11.5 Å². The summed E-state index contributed by atoms with van der Waals surface area (Å²) in [7, 11) is 4.83. The number of rotatable bonds is 3. The highest BCUT2D eigenvalue weighted by molar-refractivity contribution is 9.18. The summed E-state index contributed by atoms with van der Waals surface area (Å²) in [6.07, 6.45) is 0. The number of hydrogen-bond acceptors (Lipinski definition) is 3. The highest BCUT2D eigenvalue weighted by Gasteiger charge is 2.14. The van der Waals surface area contributed by atoms with Crippen LogP contribution < -0.4 is 14.4 Å². The predicted octanol–water partition coefficient (Wildman–Crippen LogP) is 2.96. The van der Waals surface area contributed by atoms with Crippen molar-refractivity contribution in [3.8, 4) is 11.5 Å². The van der Waals surface area contributed by atoms with Gasteiger partial charge >= 0.3 is 0 Å². The van der Waals surface area contributed by atoms with Crippen LogP contribution in [0.15, 0.2) is 12.1 Å². The highest BCUT2D eigenvalue weighted by atomic mass is 79.9. The number of aryl methyl sites for hydroxylation is 1. The van der Waals surface area contributed by atoms with Gasteiger partial charge in [0.05, 0.1) is 19.9 Å². The van der Waals surface area contributed by atoms with E-state index in [0.717, 1.165) is 11.3 Å². The van der Waals surface area contributed by atoms with E-state index in [2.05, 4.69) is 15.9 Å². The molecule has 0 fully saturated rings. The summed E-state index contributed by atoms with van der Waals surface area (Å²) in [4.78, 5) is 12.5. The summed E-state index contributed by atoms with van der Waals surface area (Å²) in [6, 6.07) is 3.61. The van der Waals surface area contributed by atoms with E-state index in [1.165, 1.54) is 4.90 Å². The number of carbonyl (C=O) groups excluding carboxylic acids is 1. The molecule has 88 valence electrons. The first-order chi connectivity index (χ1) is 7.51. The molecule has 1 aromatic carbocycles. The number of ether oxygens (including phenoxy) is 2. The Morgan fingerprint density at radius 3 is 2.19 bits per heavy atom. The van der Waals surface area contributed by atoms with Crippen molar-refractivity contribution >= 4 is 26.4 Å². The topological polar surface area (TPSA) is 38.8 Å². The van der Waals surface area contributed by atoms with Crippen LogP contribution in [0.4, 0.5) is 10.5 Å². The molecule has 0 aliphatic carbocycles. The Morgan fingerprint density at radius 2 is 1.75 bits per heavy atom. The molecule has 0 aliphatic rings. The second kappa shape index (κ2) is 5.21. The molecule has 0 spiro atoms. The van der Waals surface area contributed by atoms with Crippen molar-refractivity contribution in [2.24, 2.45) is 0 Å². The lowest BCUT2D eigenvalue weighted by Gasteiger charge is -2.19. The van der Waals surface area contributed by atoms with E-state index in [-0.39, 0.29) is 4.82 Å². The number of nitrogens with zero attached hydrogens (tertiary/aromatic N) is 1. The Labute approximate surface area is 103 Å². The molecule has 1 rings (SSSR count). The standard InChI is InChI=1S/C11H14BrNO3/c1-7-5-9(15-3)10(16-4)6-8(7)13(2)11(12)14/h5-6H,1-4H3. The van der Waals surface area contributed by atoms with Crippen LogP contribution >= 0.6 is 15.9 Å². The molecule has 0 unspecified atom stereocenters. The molecule has 0 saturated carbocycles. The van der Waals surface area contributed by atoms with E-state index in [9.17, 15) is 4.79 Å². The monoisotopic (exact) mass is 287 g/mol. The fourth-order valence-electron chi connectivity index (χ4n) is 1.43. The van der Waals surface area contributed by atoms with Crippen LogP contribution in [-0.2, 0) is 0 Å². The van der Waals surface area contributed by atoms with Crippen molar-refractivity contribution in [2.75, 3.05) is 26.2 Å². The SMILES string of the molecule is COc1cc(C)c(N(C)C(=O)Br)cc1OC. The molecule has 0 saturated heterocycles. The first-order valence-corrected chi connectivity index (χ1v) is 5.46. The molecule has 0 N–H and O–H groups in total. The Kier molecular flexibility index (Phi) is 4.18. The zero-order valence-electron chi connectivity index (χ0n) is 9.70. The lowest BCUT2D eigenvalue weighted by molar-refractivity contribution is 0.267. The lowest BCUT2D eigenvalue weighted by atomic mass is 10.1. The minimum absolute atomic E-state index is 0.206. The Hall–Kier alpha value is -1.23. The van der Waals surface area contributed by atoms with Gasteiger partial charge in [0.25, 0.3) is 4.82 Å². The third-order valence-electron chi connectivity index (χ3n) is 2.33. The number of methoxy groups -OCH3 is 2. The van der Waals surface area contributed by atoms with Crippen LogP contribution in [0, 0.1) is 6.92 Å². The smallest absolute Gasteiger partial charge is 0.293 e. The van der Waals surface area contributed by atoms with Gasteiger partial charge in [-0.05, 0) is 18.6 Å². The minimum Gasteiger partial charge on any atom is -0.493 e. The third kappa shape index (κ3) is 2.47. The van der Waals surface area contributed by atoms with Gasteiger partial charge in [0.15, 0.2) is 11.5 Å². The summed E-state index contributed by atoms with van der Waals surface area (Å²) in [5.74, 6) is 1.25. The number of benzene rings is 1. The normalized spacial score (nSPS) is 9.81. The van der Waals surface area contributed by atoms with Crippen molar-refractivity contribution in [3.05, 3.63) is 17.7 Å². The zero-order valence-corrected chi connectivity index (χ0v) is 11.3. The first-order valence-electron chi connectivity index (χ1n) is 4.67. The van der Waals surface area contributed by atoms with E-state index < -0.39 is 0 Å². The third-order valence-corrected chi connectivity index (χ3v) is 2.86. The molecule has 4 nitrogen and oxygen atoms in total. The second-order valence-corrected chi connectivity index (χ2v) is 3.98. The van der Waals surface area contributed by atoms with Crippen molar-refractivity contribution in [1.29, 1.82) is 0 Å². The van der Waals surface area contributed by atoms with Gasteiger partial charge in [-0.25, -0.2) is 0 Å². The van der Waals surface area contributed by atoms with Crippen molar-refractivity contribution in [2.45, 2.75) is 6.92 Å². The average molecular weight is 288 g/mol. The molecule has 16 heavy (non-hydrogen) atoms. The maximum absolute atomic E-state index is 11.2. The predicted molar refractivity (Wildman–Crippen MR) is 67.0 cm³/mol. The fourth-order valence-corrected chi connectivity index (χ4v) is 1.62.